The highest BCUT2D eigenvalue weighted by atomic mass is 79.9. The predicted molar refractivity (Wildman–Crippen MR) is 71.8 cm³/mol. The Morgan fingerprint density at radius 2 is 1.94 bits per heavy atom. The molecule has 2 heterocycles. The standard InChI is InChI=1S/C10H15BrN6O/c11-8-5-13-10(14-6-8)17-3-1-16(2-4-17)7-9(12)15-18/h5-6,18H,1-4,7H2,(H2,12,15). The second-order valence-electron chi connectivity index (χ2n) is 4.06. The van der Waals surface area contributed by atoms with Crippen LogP contribution in [0, 0.1) is 0 Å². The van der Waals surface area contributed by atoms with E-state index in [0.29, 0.717) is 6.54 Å². The number of hydrogen-bond donors (Lipinski definition) is 2. The zero-order chi connectivity index (χ0) is 13.0. The number of amidine groups is 1. The van der Waals surface area contributed by atoms with Crippen LogP contribution in [0.1, 0.15) is 0 Å². The lowest BCUT2D eigenvalue weighted by Crippen LogP contribution is -2.49. The quantitative estimate of drug-likeness (QED) is 0.356. The number of rotatable bonds is 3. The van der Waals surface area contributed by atoms with Crippen LogP contribution in [-0.2, 0) is 0 Å². The Balaban J connectivity index is 1.88. The van der Waals surface area contributed by atoms with Crippen LogP contribution in [0.25, 0.3) is 0 Å². The van der Waals surface area contributed by atoms with E-state index < -0.39 is 0 Å². The third-order valence-corrected chi connectivity index (χ3v) is 3.19. The first-order chi connectivity index (χ1) is 8.69. The van der Waals surface area contributed by atoms with E-state index in [1.807, 2.05) is 0 Å². The molecule has 0 spiro atoms. The van der Waals surface area contributed by atoms with Crippen LogP contribution in [0.5, 0.6) is 0 Å². The number of piperazine rings is 1. The Labute approximate surface area is 113 Å². The molecular formula is C10H15BrN6O. The molecule has 0 atom stereocenters. The summed E-state index contributed by atoms with van der Waals surface area (Å²) >= 11 is 3.31. The van der Waals surface area contributed by atoms with Gasteiger partial charge in [-0.15, -0.1) is 0 Å². The molecule has 18 heavy (non-hydrogen) atoms. The molecule has 3 N–H and O–H groups in total. The maximum absolute atomic E-state index is 8.52. The van der Waals surface area contributed by atoms with E-state index in [0.717, 1.165) is 36.6 Å². The first-order valence-electron chi connectivity index (χ1n) is 5.60. The molecule has 0 aromatic carbocycles. The summed E-state index contributed by atoms with van der Waals surface area (Å²) in [6.07, 6.45) is 3.48. The van der Waals surface area contributed by atoms with Crippen molar-refractivity contribution >= 4 is 27.7 Å². The van der Waals surface area contributed by atoms with E-state index in [2.05, 4.69) is 40.9 Å². The van der Waals surface area contributed by atoms with Gasteiger partial charge in [0.15, 0.2) is 5.84 Å². The minimum atomic E-state index is 0.239. The SMILES string of the molecule is NC(CN1CCN(c2ncc(Br)cn2)CC1)=NO. The van der Waals surface area contributed by atoms with Gasteiger partial charge in [-0.25, -0.2) is 9.97 Å². The summed E-state index contributed by atoms with van der Waals surface area (Å²) in [4.78, 5) is 12.8. The Kier molecular flexibility index (Phi) is 4.32. The fraction of sp³-hybridized carbons (Fsp3) is 0.500. The molecule has 8 heteroatoms. The average Bonchev–Trinajstić information content (AvgIpc) is 2.40. The summed E-state index contributed by atoms with van der Waals surface area (Å²) in [5, 5.41) is 11.5. The zero-order valence-corrected chi connectivity index (χ0v) is 11.4. The van der Waals surface area contributed by atoms with Gasteiger partial charge < -0.3 is 15.8 Å². The minimum Gasteiger partial charge on any atom is -0.409 e. The van der Waals surface area contributed by atoms with Crippen LogP contribution in [-0.4, -0.2) is 58.6 Å². The molecule has 0 amide bonds. The smallest absolute Gasteiger partial charge is 0.225 e. The van der Waals surface area contributed by atoms with Crippen molar-refractivity contribution in [3.8, 4) is 0 Å². The summed E-state index contributed by atoms with van der Waals surface area (Å²) in [5.41, 5.74) is 5.48. The number of anilines is 1. The van der Waals surface area contributed by atoms with Crippen molar-refractivity contribution in [2.75, 3.05) is 37.6 Å². The Morgan fingerprint density at radius 1 is 1.33 bits per heavy atom. The molecule has 0 saturated carbocycles. The summed E-state index contributed by atoms with van der Waals surface area (Å²) < 4.78 is 0.872. The van der Waals surface area contributed by atoms with Crippen LogP contribution in [0.15, 0.2) is 22.0 Å². The van der Waals surface area contributed by atoms with E-state index in [9.17, 15) is 0 Å². The van der Waals surface area contributed by atoms with Gasteiger partial charge in [-0.05, 0) is 15.9 Å². The molecular weight excluding hydrogens is 300 g/mol. The number of hydrogen-bond acceptors (Lipinski definition) is 6. The molecule has 0 bridgehead atoms. The van der Waals surface area contributed by atoms with Crippen molar-refractivity contribution in [1.82, 2.24) is 14.9 Å². The van der Waals surface area contributed by atoms with Crippen LogP contribution in [0.2, 0.25) is 0 Å². The molecule has 0 radical (unpaired) electrons. The Morgan fingerprint density at radius 3 is 2.50 bits per heavy atom. The molecule has 1 aromatic heterocycles. The molecule has 0 unspecified atom stereocenters. The number of halogens is 1. The highest BCUT2D eigenvalue weighted by Crippen LogP contribution is 2.12. The third-order valence-electron chi connectivity index (χ3n) is 2.78. The van der Waals surface area contributed by atoms with Crippen molar-refractivity contribution in [1.29, 1.82) is 0 Å². The molecule has 1 aliphatic heterocycles. The molecule has 2 rings (SSSR count). The monoisotopic (exact) mass is 314 g/mol. The Hall–Kier alpha value is -1.41. The largest absolute Gasteiger partial charge is 0.409 e. The lowest BCUT2D eigenvalue weighted by Gasteiger charge is -2.34. The summed E-state index contributed by atoms with van der Waals surface area (Å²) in [7, 11) is 0. The maximum atomic E-state index is 8.52. The lowest BCUT2D eigenvalue weighted by atomic mass is 10.3. The second kappa shape index (κ2) is 5.96. The Bertz CT molecular complexity index is 415. The number of nitrogens with zero attached hydrogens (tertiary/aromatic N) is 5. The fourth-order valence-electron chi connectivity index (χ4n) is 1.84. The highest BCUT2D eigenvalue weighted by Gasteiger charge is 2.19. The van der Waals surface area contributed by atoms with Crippen molar-refractivity contribution in [2.24, 2.45) is 10.9 Å². The van der Waals surface area contributed by atoms with Crippen molar-refractivity contribution in [3.63, 3.8) is 0 Å². The van der Waals surface area contributed by atoms with E-state index in [4.69, 9.17) is 10.9 Å². The second-order valence-corrected chi connectivity index (χ2v) is 4.97. The summed E-state index contributed by atoms with van der Waals surface area (Å²) in [6.45, 7) is 3.84. The summed E-state index contributed by atoms with van der Waals surface area (Å²) in [6, 6.07) is 0. The highest BCUT2D eigenvalue weighted by molar-refractivity contribution is 9.10. The van der Waals surface area contributed by atoms with Crippen LogP contribution < -0.4 is 10.6 Å². The molecule has 98 valence electrons. The first kappa shape index (κ1) is 13.0. The molecule has 1 aliphatic rings. The number of oxime groups is 1. The fourth-order valence-corrected chi connectivity index (χ4v) is 2.04. The van der Waals surface area contributed by atoms with Gasteiger partial charge in [0, 0.05) is 38.6 Å². The van der Waals surface area contributed by atoms with Gasteiger partial charge in [-0.2, -0.15) is 0 Å². The lowest BCUT2D eigenvalue weighted by molar-refractivity contribution is 0.277. The molecule has 1 fully saturated rings. The molecule has 1 aromatic rings. The minimum absolute atomic E-state index is 0.239. The normalized spacial score (nSPS) is 18.1. The maximum Gasteiger partial charge on any atom is 0.225 e. The van der Waals surface area contributed by atoms with E-state index in [-0.39, 0.29) is 5.84 Å². The zero-order valence-electron chi connectivity index (χ0n) is 9.83. The number of aromatic nitrogens is 2. The van der Waals surface area contributed by atoms with Gasteiger partial charge in [0.2, 0.25) is 5.95 Å². The third kappa shape index (κ3) is 3.30. The van der Waals surface area contributed by atoms with Gasteiger partial charge in [0.25, 0.3) is 0 Å². The summed E-state index contributed by atoms with van der Waals surface area (Å²) in [5.74, 6) is 0.977. The van der Waals surface area contributed by atoms with Gasteiger partial charge in [-0.3, -0.25) is 4.90 Å². The predicted octanol–water partition coefficient (Wildman–Crippen LogP) is 0.107. The number of nitrogens with two attached hydrogens (primary N) is 1. The topological polar surface area (TPSA) is 90.9 Å². The molecule has 1 saturated heterocycles. The first-order valence-corrected chi connectivity index (χ1v) is 6.39. The van der Waals surface area contributed by atoms with E-state index in [1.54, 1.807) is 12.4 Å². The van der Waals surface area contributed by atoms with Crippen molar-refractivity contribution in [2.45, 2.75) is 0 Å². The van der Waals surface area contributed by atoms with Crippen molar-refractivity contribution < 1.29 is 5.21 Å². The van der Waals surface area contributed by atoms with Crippen LogP contribution in [0.4, 0.5) is 5.95 Å². The van der Waals surface area contributed by atoms with Gasteiger partial charge >= 0.3 is 0 Å². The van der Waals surface area contributed by atoms with E-state index in [1.165, 1.54) is 0 Å². The molecule has 0 aliphatic carbocycles. The average molecular weight is 315 g/mol. The van der Waals surface area contributed by atoms with Crippen LogP contribution in [0.3, 0.4) is 0 Å². The van der Waals surface area contributed by atoms with Crippen LogP contribution >= 0.6 is 15.9 Å². The van der Waals surface area contributed by atoms with Crippen molar-refractivity contribution in [3.05, 3.63) is 16.9 Å². The van der Waals surface area contributed by atoms with Gasteiger partial charge in [0.05, 0.1) is 11.0 Å². The van der Waals surface area contributed by atoms with Gasteiger partial charge in [0.1, 0.15) is 0 Å². The van der Waals surface area contributed by atoms with Gasteiger partial charge in [-0.1, -0.05) is 5.16 Å². The molecule has 7 nitrogen and oxygen atoms in total. The van der Waals surface area contributed by atoms with E-state index >= 15 is 0 Å².